The first-order valence-corrected chi connectivity index (χ1v) is 5.91. The molecule has 1 heterocycles. The fourth-order valence-electron chi connectivity index (χ4n) is 1.27. The van der Waals surface area contributed by atoms with Gasteiger partial charge in [0.1, 0.15) is 5.82 Å². The Morgan fingerprint density at radius 2 is 2.12 bits per heavy atom. The Morgan fingerprint density at radius 1 is 1.41 bits per heavy atom. The van der Waals surface area contributed by atoms with Crippen molar-refractivity contribution >= 4 is 23.3 Å². The summed E-state index contributed by atoms with van der Waals surface area (Å²) >= 11 is 5.71. The van der Waals surface area contributed by atoms with Crippen LogP contribution >= 0.6 is 11.6 Å². The van der Waals surface area contributed by atoms with Crippen LogP contribution in [-0.2, 0) is 4.79 Å². The molecule has 0 aliphatic heterocycles. The van der Waals surface area contributed by atoms with E-state index >= 15 is 0 Å². The van der Waals surface area contributed by atoms with E-state index in [1.54, 1.807) is 18.3 Å². The molecule has 5 heteroatoms. The molecule has 0 spiro atoms. The number of rotatable bonds is 4. The summed E-state index contributed by atoms with van der Waals surface area (Å²) < 4.78 is 0. The molecule has 1 aromatic rings. The highest BCUT2D eigenvalue weighted by Crippen LogP contribution is 2.09. The van der Waals surface area contributed by atoms with Crippen molar-refractivity contribution in [3.8, 4) is 0 Å². The number of aromatic nitrogens is 1. The lowest BCUT2D eigenvalue weighted by molar-refractivity contribution is -0.122. The fraction of sp³-hybridized carbons (Fsp3) is 0.500. The zero-order valence-corrected chi connectivity index (χ0v) is 11.1. The van der Waals surface area contributed by atoms with Crippen LogP contribution in [0.1, 0.15) is 27.2 Å². The van der Waals surface area contributed by atoms with Gasteiger partial charge in [0.2, 0.25) is 5.91 Å². The molecule has 17 heavy (non-hydrogen) atoms. The molecule has 0 saturated heterocycles. The van der Waals surface area contributed by atoms with E-state index in [1.807, 2.05) is 20.8 Å². The van der Waals surface area contributed by atoms with Crippen molar-refractivity contribution < 1.29 is 4.79 Å². The summed E-state index contributed by atoms with van der Waals surface area (Å²) in [4.78, 5) is 15.6. The fourth-order valence-corrected chi connectivity index (χ4v) is 1.38. The summed E-state index contributed by atoms with van der Waals surface area (Å²) in [6.07, 6.45) is 1.99. The van der Waals surface area contributed by atoms with Crippen molar-refractivity contribution in [3.05, 3.63) is 23.4 Å². The quantitative estimate of drug-likeness (QED) is 0.869. The number of amides is 1. The summed E-state index contributed by atoms with van der Waals surface area (Å²) in [6, 6.07) is 3.54. The molecule has 0 unspecified atom stereocenters. The molecule has 4 nitrogen and oxygen atoms in total. The zero-order chi connectivity index (χ0) is 12.9. The highest BCUT2D eigenvalue weighted by atomic mass is 35.5. The van der Waals surface area contributed by atoms with Crippen LogP contribution in [-0.4, -0.2) is 23.0 Å². The molecule has 1 amide bonds. The Morgan fingerprint density at radius 3 is 2.65 bits per heavy atom. The van der Waals surface area contributed by atoms with Gasteiger partial charge in [0.15, 0.2) is 0 Å². The zero-order valence-electron chi connectivity index (χ0n) is 10.4. The van der Waals surface area contributed by atoms with Crippen LogP contribution in [0.3, 0.4) is 0 Å². The van der Waals surface area contributed by atoms with Gasteiger partial charge in [0, 0.05) is 24.7 Å². The number of hydrogen-bond donors (Lipinski definition) is 2. The molecular weight excluding hydrogens is 238 g/mol. The van der Waals surface area contributed by atoms with E-state index in [-0.39, 0.29) is 11.4 Å². The third-order valence-electron chi connectivity index (χ3n) is 1.90. The molecular formula is C12H18ClN3O. The van der Waals surface area contributed by atoms with Gasteiger partial charge in [-0.2, -0.15) is 0 Å². The van der Waals surface area contributed by atoms with Crippen LogP contribution in [0.2, 0.25) is 5.02 Å². The normalized spacial score (nSPS) is 11.1. The largest absolute Gasteiger partial charge is 0.370 e. The highest BCUT2D eigenvalue weighted by Gasteiger charge is 2.12. The van der Waals surface area contributed by atoms with Gasteiger partial charge in [-0.25, -0.2) is 4.98 Å². The topological polar surface area (TPSA) is 54.0 Å². The van der Waals surface area contributed by atoms with Crippen molar-refractivity contribution in [3.63, 3.8) is 0 Å². The van der Waals surface area contributed by atoms with E-state index < -0.39 is 0 Å². The molecule has 0 aromatic carbocycles. The summed E-state index contributed by atoms with van der Waals surface area (Å²) in [7, 11) is 0. The van der Waals surface area contributed by atoms with Gasteiger partial charge in [-0.15, -0.1) is 0 Å². The number of pyridine rings is 1. The number of hydrogen-bond acceptors (Lipinski definition) is 3. The molecule has 0 aliphatic rings. The average Bonchev–Trinajstić information content (AvgIpc) is 2.18. The van der Waals surface area contributed by atoms with Crippen molar-refractivity contribution in [1.82, 2.24) is 10.3 Å². The van der Waals surface area contributed by atoms with Crippen molar-refractivity contribution in [2.75, 3.05) is 11.9 Å². The molecule has 0 saturated carbocycles. The van der Waals surface area contributed by atoms with Gasteiger partial charge in [0.05, 0.1) is 5.02 Å². The summed E-state index contributed by atoms with van der Waals surface area (Å²) in [5, 5.41) is 6.55. The predicted octanol–water partition coefficient (Wildman–Crippen LogP) is 2.45. The molecule has 2 N–H and O–H groups in total. The number of anilines is 1. The second-order valence-electron chi connectivity index (χ2n) is 4.84. The molecule has 0 aliphatic carbocycles. The maximum Gasteiger partial charge on any atom is 0.222 e. The number of halogens is 1. The maximum absolute atomic E-state index is 11.5. The molecule has 94 valence electrons. The first-order valence-electron chi connectivity index (χ1n) is 5.53. The van der Waals surface area contributed by atoms with Gasteiger partial charge < -0.3 is 10.6 Å². The monoisotopic (exact) mass is 255 g/mol. The predicted molar refractivity (Wildman–Crippen MR) is 70.2 cm³/mol. The smallest absolute Gasteiger partial charge is 0.222 e. The van der Waals surface area contributed by atoms with Gasteiger partial charge in [0.25, 0.3) is 0 Å². The van der Waals surface area contributed by atoms with Crippen LogP contribution in [0, 0.1) is 0 Å². The first-order chi connectivity index (χ1) is 7.87. The Bertz CT molecular complexity index is 370. The highest BCUT2D eigenvalue weighted by molar-refractivity contribution is 6.30. The second kappa shape index (κ2) is 5.87. The third kappa shape index (κ3) is 6.12. The van der Waals surface area contributed by atoms with Crippen molar-refractivity contribution in [2.45, 2.75) is 32.7 Å². The van der Waals surface area contributed by atoms with Gasteiger partial charge in [-0.1, -0.05) is 11.6 Å². The lowest BCUT2D eigenvalue weighted by Gasteiger charge is -2.20. The van der Waals surface area contributed by atoms with Crippen LogP contribution in [0.5, 0.6) is 0 Å². The number of carbonyl (C=O) groups is 1. The molecule has 0 atom stereocenters. The van der Waals surface area contributed by atoms with Gasteiger partial charge in [-0.05, 0) is 32.9 Å². The molecule has 0 radical (unpaired) electrons. The average molecular weight is 256 g/mol. The minimum Gasteiger partial charge on any atom is -0.370 e. The van der Waals surface area contributed by atoms with Crippen LogP contribution in [0.15, 0.2) is 18.3 Å². The second-order valence-corrected chi connectivity index (χ2v) is 5.27. The molecule has 0 fully saturated rings. The Balaban J connectivity index is 2.28. The first kappa shape index (κ1) is 13.8. The standard InChI is InChI=1S/C12H18ClN3O/c1-12(2,3)16-11(17)6-7-14-10-5-4-9(13)8-15-10/h4-5,8H,6-7H2,1-3H3,(H,14,15)(H,16,17). The minimum atomic E-state index is -0.185. The van der Waals surface area contributed by atoms with E-state index in [4.69, 9.17) is 11.6 Å². The summed E-state index contributed by atoms with van der Waals surface area (Å²) in [5.41, 5.74) is -0.185. The van der Waals surface area contributed by atoms with E-state index in [2.05, 4.69) is 15.6 Å². The number of nitrogens with zero attached hydrogens (tertiary/aromatic N) is 1. The van der Waals surface area contributed by atoms with Crippen LogP contribution < -0.4 is 10.6 Å². The van der Waals surface area contributed by atoms with E-state index in [0.717, 1.165) is 5.82 Å². The summed E-state index contributed by atoms with van der Waals surface area (Å²) in [6.45, 7) is 6.42. The Labute approximate surface area is 107 Å². The van der Waals surface area contributed by atoms with Crippen LogP contribution in [0.4, 0.5) is 5.82 Å². The van der Waals surface area contributed by atoms with E-state index in [9.17, 15) is 4.79 Å². The van der Waals surface area contributed by atoms with E-state index in [1.165, 1.54) is 0 Å². The summed E-state index contributed by atoms with van der Waals surface area (Å²) in [5.74, 6) is 0.747. The lowest BCUT2D eigenvalue weighted by Crippen LogP contribution is -2.41. The van der Waals surface area contributed by atoms with Gasteiger partial charge in [-0.3, -0.25) is 4.79 Å². The van der Waals surface area contributed by atoms with Gasteiger partial charge >= 0.3 is 0 Å². The number of carbonyl (C=O) groups excluding carboxylic acids is 1. The lowest BCUT2D eigenvalue weighted by atomic mass is 10.1. The molecule has 1 aromatic heterocycles. The molecule has 1 rings (SSSR count). The maximum atomic E-state index is 11.5. The molecule has 0 bridgehead atoms. The van der Waals surface area contributed by atoms with E-state index in [0.29, 0.717) is 18.0 Å². The van der Waals surface area contributed by atoms with Crippen molar-refractivity contribution in [2.24, 2.45) is 0 Å². The third-order valence-corrected chi connectivity index (χ3v) is 2.12. The minimum absolute atomic E-state index is 0.0268. The Kier molecular flexibility index (Phi) is 4.75. The number of nitrogens with one attached hydrogen (secondary N) is 2. The van der Waals surface area contributed by atoms with Crippen LogP contribution in [0.25, 0.3) is 0 Å². The van der Waals surface area contributed by atoms with Crippen molar-refractivity contribution in [1.29, 1.82) is 0 Å². The SMILES string of the molecule is CC(C)(C)NC(=O)CCNc1ccc(Cl)cn1. The Hall–Kier alpha value is -1.29.